The summed E-state index contributed by atoms with van der Waals surface area (Å²) in [5.74, 6) is 0.705. The highest BCUT2D eigenvalue weighted by molar-refractivity contribution is 5.89. The van der Waals surface area contributed by atoms with Gasteiger partial charge in [0.15, 0.2) is 0 Å². The van der Waals surface area contributed by atoms with E-state index in [1.165, 1.54) is 19.3 Å². The van der Waals surface area contributed by atoms with Gasteiger partial charge in [-0.25, -0.2) is 4.98 Å². The molecule has 1 aliphatic rings. The third-order valence-corrected chi connectivity index (χ3v) is 4.13. The van der Waals surface area contributed by atoms with Crippen molar-refractivity contribution in [2.24, 2.45) is 0 Å². The normalized spacial score (nSPS) is 17.3. The monoisotopic (exact) mass is 292 g/mol. The minimum Gasteiger partial charge on any atom is -0.481 e. The number of carbonyl (C=O) groups excluding carboxylic acids is 1. The van der Waals surface area contributed by atoms with Gasteiger partial charge in [0.1, 0.15) is 0 Å². The fourth-order valence-corrected chi connectivity index (χ4v) is 2.92. The van der Waals surface area contributed by atoms with Crippen LogP contribution in [0.3, 0.4) is 0 Å². The fourth-order valence-electron chi connectivity index (χ4n) is 2.92. The Balaban J connectivity index is 2.02. The molecular formula is C15H24N4O2. The molecule has 0 atom stereocenters. The summed E-state index contributed by atoms with van der Waals surface area (Å²) >= 11 is 0. The quantitative estimate of drug-likeness (QED) is 0.868. The molecule has 1 amide bonds. The number of methoxy groups -OCH3 is 1. The molecule has 0 bridgehead atoms. The molecule has 1 saturated carbocycles. The van der Waals surface area contributed by atoms with Crippen molar-refractivity contribution in [1.82, 2.24) is 15.3 Å². The van der Waals surface area contributed by atoms with Crippen molar-refractivity contribution < 1.29 is 9.53 Å². The zero-order valence-corrected chi connectivity index (χ0v) is 13.0. The van der Waals surface area contributed by atoms with Gasteiger partial charge >= 0.3 is 0 Å². The average molecular weight is 292 g/mol. The van der Waals surface area contributed by atoms with Gasteiger partial charge in [0, 0.05) is 23.7 Å². The van der Waals surface area contributed by atoms with Gasteiger partial charge in [-0.3, -0.25) is 10.1 Å². The first-order valence-electron chi connectivity index (χ1n) is 7.45. The van der Waals surface area contributed by atoms with Gasteiger partial charge in [0.2, 0.25) is 17.7 Å². The van der Waals surface area contributed by atoms with Crippen LogP contribution in [0.4, 0.5) is 5.95 Å². The molecule has 21 heavy (non-hydrogen) atoms. The van der Waals surface area contributed by atoms with Crippen LogP contribution in [0.25, 0.3) is 0 Å². The van der Waals surface area contributed by atoms with Crippen LogP contribution in [-0.2, 0) is 4.79 Å². The number of amides is 1. The number of aryl methyl sites for hydroxylation is 1. The number of ether oxygens (including phenoxy) is 1. The average Bonchev–Trinajstić information content (AvgIpc) is 2.47. The lowest BCUT2D eigenvalue weighted by Crippen LogP contribution is -2.47. The van der Waals surface area contributed by atoms with E-state index >= 15 is 0 Å². The Labute approximate surface area is 125 Å². The maximum Gasteiger partial charge on any atom is 0.232 e. The van der Waals surface area contributed by atoms with Gasteiger partial charge < -0.3 is 10.1 Å². The second-order valence-corrected chi connectivity index (χ2v) is 5.69. The van der Waals surface area contributed by atoms with Gasteiger partial charge in [-0.05, 0) is 26.8 Å². The first-order chi connectivity index (χ1) is 10.1. The molecule has 2 N–H and O–H groups in total. The maximum absolute atomic E-state index is 12.3. The van der Waals surface area contributed by atoms with Crippen LogP contribution in [0, 0.1) is 6.92 Å². The van der Waals surface area contributed by atoms with E-state index in [-0.39, 0.29) is 11.4 Å². The maximum atomic E-state index is 12.3. The number of hydrogen-bond donors (Lipinski definition) is 2. The first kappa shape index (κ1) is 15.7. The Morgan fingerprint density at radius 2 is 2.05 bits per heavy atom. The topological polar surface area (TPSA) is 76.1 Å². The molecule has 116 valence electrons. The fraction of sp³-hybridized carbons (Fsp3) is 0.667. The lowest BCUT2D eigenvalue weighted by Gasteiger charge is -2.36. The highest BCUT2D eigenvalue weighted by Crippen LogP contribution is 2.30. The summed E-state index contributed by atoms with van der Waals surface area (Å²) in [5, 5.41) is 6.12. The third-order valence-electron chi connectivity index (χ3n) is 4.13. The predicted molar refractivity (Wildman–Crippen MR) is 81.4 cm³/mol. The molecule has 1 fully saturated rings. The molecule has 0 radical (unpaired) electrons. The van der Waals surface area contributed by atoms with Gasteiger partial charge in [-0.1, -0.05) is 19.3 Å². The Bertz CT molecular complexity index is 498. The third kappa shape index (κ3) is 4.14. The molecule has 0 aromatic carbocycles. The molecular weight excluding hydrogens is 268 g/mol. The van der Waals surface area contributed by atoms with Crippen LogP contribution < -0.4 is 15.4 Å². The van der Waals surface area contributed by atoms with E-state index in [1.54, 1.807) is 13.2 Å². The van der Waals surface area contributed by atoms with Crippen molar-refractivity contribution in [3.05, 3.63) is 11.8 Å². The Morgan fingerprint density at radius 3 is 2.67 bits per heavy atom. The number of nitrogens with one attached hydrogen (secondary N) is 2. The van der Waals surface area contributed by atoms with Gasteiger partial charge in [-0.2, -0.15) is 4.98 Å². The van der Waals surface area contributed by atoms with E-state index in [4.69, 9.17) is 4.74 Å². The molecule has 2 rings (SSSR count). The number of aromatic nitrogens is 2. The molecule has 1 aliphatic carbocycles. The van der Waals surface area contributed by atoms with Crippen LogP contribution in [0.15, 0.2) is 6.07 Å². The summed E-state index contributed by atoms with van der Waals surface area (Å²) in [5.41, 5.74) is 0.675. The zero-order chi connectivity index (χ0) is 15.3. The Morgan fingerprint density at radius 1 is 1.33 bits per heavy atom. The largest absolute Gasteiger partial charge is 0.481 e. The second kappa shape index (κ2) is 6.85. The van der Waals surface area contributed by atoms with E-state index in [0.29, 0.717) is 18.2 Å². The van der Waals surface area contributed by atoms with Crippen LogP contribution in [0.5, 0.6) is 5.88 Å². The van der Waals surface area contributed by atoms with Crippen LogP contribution in [0.2, 0.25) is 0 Å². The van der Waals surface area contributed by atoms with E-state index in [1.807, 2.05) is 14.0 Å². The summed E-state index contributed by atoms with van der Waals surface area (Å²) in [6.45, 7) is 1.84. The van der Waals surface area contributed by atoms with Crippen LogP contribution >= 0.6 is 0 Å². The molecule has 0 saturated heterocycles. The smallest absolute Gasteiger partial charge is 0.232 e. The zero-order valence-electron chi connectivity index (χ0n) is 13.0. The Kier molecular flexibility index (Phi) is 5.12. The van der Waals surface area contributed by atoms with E-state index in [2.05, 4.69) is 20.6 Å². The summed E-state index contributed by atoms with van der Waals surface area (Å²) in [4.78, 5) is 20.7. The highest BCUT2D eigenvalue weighted by Gasteiger charge is 2.32. The molecule has 0 aliphatic heterocycles. The molecule has 6 heteroatoms. The second-order valence-electron chi connectivity index (χ2n) is 5.69. The van der Waals surface area contributed by atoms with E-state index in [9.17, 15) is 4.79 Å². The summed E-state index contributed by atoms with van der Waals surface area (Å²) < 4.78 is 5.09. The number of hydrogen-bond acceptors (Lipinski definition) is 5. The summed E-state index contributed by atoms with van der Waals surface area (Å²) in [6, 6.07) is 1.73. The van der Waals surface area contributed by atoms with Gasteiger partial charge in [0.05, 0.1) is 7.11 Å². The number of nitrogens with zero attached hydrogens (tertiary/aromatic N) is 2. The predicted octanol–water partition coefficient (Wildman–Crippen LogP) is 2.04. The number of rotatable bonds is 5. The SMILES string of the molecule is CNC1(CC(=O)Nc2nc(C)cc(OC)n2)CCCCC1. The number of anilines is 1. The molecule has 1 aromatic heterocycles. The lowest BCUT2D eigenvalue weighted by atomic mass is 9.79. The lowest BCUT2D eigenvalue weighted by molar-refractivity contribution is -0.118. The van der Waals surface area contributed by atoms with Crippen molar-refractivity contribution in [1.29, 1.82) is 0 Å². The Hall–Kier alpha value is -1.69. The molecule has 0 spiro atoms. The standard InChI is InChI=1S/C15H24N4O2/c1-11-9-13(21-3)19-14(17-11)18-12(20)10-15(16-2)7-5-4-6-8-15/h9,16H,4-8,10H2,1-3H3,(H,17,18,19,20). The minimum absolute atomic E-state index is 0.0566. The highest BCUT2D eigenvalue weighted by atomic mass is 16.5. The van der Waals surface area contributed by atoms with E-state index < -0.39 is 0 Å². The van der Waals surface area contributed by atoms with Crippen molar-refractivity contribution >= 4 is 11.9 Å². The number of carbonyl (C=O) groups is 1. The van der Waals surface area contributed by atoms with Crippen molar-refractivity contribution in [2.75, 3.05) is 19.5 Å². The molecule has 6 nitrogen and oxygen atoms in total. The summed E-state index contributed by atoms with van der Waals surface area (Å²) in [7, 11) is 3.48. The van der Waals surface area contributed by atoms with Gasteiger partial charge in [0.25, 0.3) is 0 Å². The molecule has 0 unspecified atom stereocenters. The minimum atomic E-state index is -0.0871. The summed E-state index contributed by atoms with van der Waals surface area (Å²) in [6.07, 6.45) is 6.11. The van der Waals surface area contributed by atoms with Crippen molar-refractivity contribution in [3.63, 3.8) is 0 Å². The van der Waals surface area contributed by atoms with Crippen molar-refractivity contribution in [2.45, 2.75) is 51.0 Å². The van der Waals surface area contributed by atoms with Crippen LogP contribution in [0.1, 0.15) is 44.2 Å². The van der Waals surface area contributed by atoms with Gasteiger partial charge in [-0.15, -0.1) is 0 Å². The van der Waals surface area contributed by atoms with Crippen LogP contribution in [-0.4, -0.2) is 35.6 Å². The van der Waals surface area contributed by atoms with Crippen molar-refractivity contribution in [3.8, 4) is 5.88 Å². The molecule has 1 heterocycles. The molecule has 1 aromatic rings. The first-order valence-corrected chi connectivity index (χ1v) is 7.45. The van der Waals surface area contributed by atoms with E-state index in [0.717, 1.165) is 18.5 Å².